The minimum Gasteiger partial charge on any atom is -0.508 e. The fourth-order valence-corrected chi connectivity index (χ4v) is 6.23. The first kappa shape index (κ1) is 25.6. The van der Waals surface area contributed by atoms with Crippen LogP contribution in [-0.4, -0.2) is 49.3 Å². The van der Waals surface area contributed by atoms with Gasteiger partial charge in [0.25, 0.3) is 5.91 Å². The molecule has 0 aliphatic heterocycles. The number of benzene rings is 1. The monoisotopic (exact) mass is 497 g/mol. The number of hydrogen-bond acceptors (Lipinski definition) is 8. The number of aliphatic hydroxyl groups is 3. The van der Waals surface area contributed by atoms with Gasteiger partial charge in [0.2, 0.25) is 5.78 Å². The number of primary amides is 1. The molecule has 0 bridgehead atoms. The molecule has 0 radical (unpaired) electrons. The Kier molecular flexibility index (Phi) is 6.33. The molecular formula is C27H31NO8. The Bertz CT molecular complexity index is 1260. The number of amides is 1. The molecule has 0 saturated heterocycles. The molecule has 9 nitrogen and oxygen atoms in total. The molecule has 1 amide bonds. The van der Waals surface area contributed by atoms with E-state index in [-0.39, 0.29) is 47.8 Å². The third kappa shape index (κ3) is 3.56. The first-order valence-corrected chi connectivity index (χ1v) is 12.2. The van der Waals surface area contributed by atoms with Gasteiger partial charge in [0, 0.05) is 30.3 Å². The largest absolute Gasteiger partial charge is 0.508 e. The summed E-state index contributed by atoms with van der Waals surface area (Å²) in [7, 11) is 0. The fourth-order valence-electron chi connectivity index (χ4n) is 6.23. The number of nitrogens with two attached hydrogens (primary N) is 1. The predicted molar refractivity (Wildman–Crippen MR) is 129 cm³/mol. The molecule has 1 aromatic carbocycles. The van der Waals surface area contributed by atoms with E-state index in [0.717, 1.165) is 5.56 Å². The van der Waals surface area contributed by atoms with Crippen LogP contribution >= 0.6 is 0 Å². The zero-order chi connectivity index (χ0) is 26.7. The van der Waals surface area contributed by atoms with Crippen LogP contribution in [0, 0.1) is 23.7 Å². The molecule has 1 saturated carbocycles. The second-order valence-corrected chi connectivity index (χ2v) is 10.3. The summed E-state index contributed by atoms with van der Waals surface area (Å²) in [5.74, 6) is -7.82. The number of carbonyl (C=O) groups excluding carboxylic acids is 4. The molecule has 4 rings (SSSR count). The maximum Gasteiger partial charge on any atom is 0.255 e. The summed E-state index contributed by atoms with van der Waals surface area (Å²) in [6.45, 7) is 5.21. The van der Waals surface area contributed by atoms with Crippen molar-refractivity contribution in [1.82, 2.24) is 0 Å². The van der Waals surface area contributed by atoms with Gasteiger partial charge in [-0.25, -0.2) is 0 Å². The third-order valence-electron chi connectivity index (χ3n) is 8.02. The quantitative estimate of drug-likeness (QED) is 0.372. The normalized spacial score (nSPS) is 27.6. The predicted octanol–water partition coefficient (Wildman–Crippen LogP) is 2.22. The van der Waals surface area contributed by atoms with Crippen molar-refractivity contribution in [2.24, 2.45) is 29.4 Å². The van der Waals surface area contributed by atoms with Crippen molar-refractivity contribution in [2.75, 3.05) is 0 Å². The zero-order valence-electron chi connectivity index (χ0n) is 20.5. The molecule has 0 heterocycles. The average molecular weight is 498 g/mol. The van der Waals surface area contributed by atoms with Crippen LogP contribution in [0.4, 0.5) is 0 Å². The number of fused-ring (bicyclic) bond motifs is 3. The summed E-state index contributed by atoms with van der Waals surface area (Å²) in [4.78, 5) is 50.9. The number of Topliss-reactive ketones (excluding diaryl/α,β-unsaturated/α-hetero) is 3. The van der Waals surface area contributed by atoms with Gasteiger partial charge in [0.1, 0.15) is 28.6 Å². The number of aromatic hydroxyl groups is 1. The highest BCUT2D eigenvalue weighted by Gasteiger charge is 2.64. The van der Waals surface area contributed by atoms with E-state index in [1.165, 1.54) is 6.07 Å². The van der Waals surface area contributed by atoms with E-state index in [2.05, 4.69) is 0 Å². The molecular weight excluding hydrogens is 466 g/mol. The Balaban J connectivity index is 1.90. The van der Waals surface area contributed by atoms with Crippen LogP contribution in [0.1, 0.15) is 56.7 Å². The summed E-state index contributed by atoms with van der Waals surface area (Å²) in [5, 5.41) is 44.3. The summed E-state index contributed by atoms with van der Waals surface area (Å²) in [6.07, 6.45) is 1.36. The molecule has 4 atom stereocenters. The Morgan fingerprint density at radius 1 is 1.17 bits per heavy atom. The molecule has 192 valence electrons. The van der Waals surface area contributed by atoms with Crippen molar-refractivity contribution in [2.45, 2.75) is 58.5 Å². The van der Waals surface area contributed by atoms with Gasteiger partial charge in [-0.05, 0) is 48.3 Å². The maximum atomic E-state index is 13.8. The lowest BCUT2D eigenvalue weighted by Crippen LogP contribution is -2.62. The topological polar surface area (TPSA) is 175 Å². The Hall–Kier alpha value is -3.46. The lowest BCUT2D eigenvalue weighted by Gasteiger charge is -2.50. The van der Waals surface area contributed by atoms with Crippen LogP contribution in [0.25, 0.3) is 5.76 Å². The molecule has 0 aromatic heterocycles. The first-order chi connectivity index (χ1) is 16.9. The van der Waals surface area contributed by atoms with Gasteiger partial charge in [0.15, 0.2) is 11.4 Å². The molecule has 1 aromatic rings. The van der Waals surface area contributed by atoms with Crippen molar-refractivity contribution in [3.8, 4) is 5.75 Å². The fraction of sp³-hybridized carbons (Fsp3) is 0.481. The van der Waals surface area contributed by atoms with E-state index in [0.29, 0.717) is 18.4 Å². The van der Waals surface area contributed by atoms with Crippen LogP contribution in [0.2, 0.25) is 0 Å². The molecule has 1 fully saturated rings. The van der Waals surface area contributed by atoms with Gasteiger partial charge in [-0.1, -0.05) is 26.8 Å². The van der Waals surface area contributed by atoms with Gasteiger partial charge in [-0.15, -0.1) is 0 Å². The molecule has 9 heteroatoms. The molecule has 0 unspecified atom stereocenters. The van der Waals surface area contributed by atoms with Gasteiger partial charge in [0.05, 0.1) is 5.56 Å². The van der Waals surface area contributed by atoms with E-state index in [9.17, 15) is 39.6 Å². The molecule has 6 N–H and O–H groups in total. The summed E-state index contributed by atoms with van der Waals surface area (Å²) >= 11 is 0. The lowest BCUT2D eigenvalue weighted by molar-refractivity contribution is -0.155. The molecule has 3 aliphatic rings. The smallest absolute Gasteiger partial charge is 0.255 e. The van der Waals surface area contributed by atoms with Gasteiger partial charge < -0.3 is 26.2 Å². The number of phenolic OH excluding ortho intramolecular Hbond substituents is 1. The van der Waals surface area contributed by atoms with E-state index in [1.807, 2.05) is 0 Å². The van der Waals surface area contributed by atoms with E-state index >= 15 is 0 Å². The number of aryl methyl sites for hydroxylation is 1. The minimum atomic E-state index is -2.62. The van der Waals surface area contributed by atoms with E-state index < -0.39 is 57.9 Å². The van der Waals surface area contributed by atoms with Gasteiger partial charge >= 0.3 is 0 Å². The minimum absolute atomic E-state index is 0.0454. The average Bonchev–Trinajstić information content (AvgIpc) is 2.80. The van der Waals surface area contributed by atoms with Crippen LogP contribution < -0.4 is 5.73 Å². The highest BCUT2D eigenvalue weighted by Crippen LogP contribution is 2.54. The van der Waals surface area contributed by atoms with Crippen LogP contribution in [0.5, 0.6) is 5.75 Å². The van der Waals surface area contributed by atoms with Gasteiger partial charge in [-0.3, -0.25) is 19.2 Å². The summed E-state index contributed by atoms with van der Waals surface area (Å²) in [5.41, 5.74) is 3.14. The Morgan fingerprint density at radius 3 is 2.42 bits per heavy atom. The first-order valence-electron chi connectivity index (χ1n) is 12.2. The maximum absolute atomic E-state index is 13.8. The van der Waals surface area contributed by atoms with Gasteiger partial charge in [-0.2, -0.15) is 0 Å². The number of aliphatic hydroxyl groups excluding tert-OH is 2. The van der Waals surface area contributed by atoms with Crippen LogP contribution in [0.15, 0.2) is 29.0 Å². The standard InChI is InChI=1S/C27H31NO8/c1-4-14(29)7-5-12-6-8-17(30)20-15(12)9-13-10-16-18(11(2)3)22(31)21(26(28)35)25(34)27(16,36)24(33)19(13)23(20)32/h6,8,11,13,16,18,30,32,34,36H,4-5,7,9-10H2,1-3H3,(H2,28,35)/t13-,16-,18-,27-/m0/s1. The lowest BCUT2D eigenvalue weighted by atomic mass is 9.54. The molecule has 3 aliphatic carbocycles. The second kappa shape index (κ2) is 8.89. The van der Waals surface area contributed by atoms with E-state index in [4.69, 9.17) is 5.73 Å². The Labute approximate surface area is 208 Å². The number of phenols is 1. The SMILES string of the molecule is CCC(=O)CCc1ccc(O)c2c1C[C@H]1C[C@H]3[C@H](C(C)C)C(=O)C(C(N)=O)=C(O)[C@@]3(O)C(=O)C1=C2O. The highest BCUT2D eigenvalue weighted by atomic mass is 16.3. The summed E-state index contributed by atoms with van der Waals surface area (Å²) in [6, 6.07) is 3.06. The number of carbonyl (C=O) groups is 4. The third-order valence-corrected chi connectivity index (χ3v) is 8.02. The van der Waals surface area contributed by atoms with Crippen molar-refractivity contribution >= 4 is 29.0 Å². The second-order valence-electron chi connectivity index (χ2n) is 10.3. The Morgan fingerprint density at radius 2 is 1.83 bits per heavy atom. The highest BCUT2D eigenvalue weighted by molar-refractivity contribution is 6.23. The number of hydrogen-bond donors (Lipinski definition) is 5. The van der Waals surface area contributed by atoms with Crippen molar-refractivity contribution < 1.29 is 39.6 Å². The van der Waals surface area contributed by atoms with Crippen LogP contribution in [-0.2, 0) is 32.0 Å². The van der Waals surface area contributed by atoms with E-state index in [1.54, 1.807) is 26.8 Å². The van der Waals surface area contributed by atoms with Crippen molar-refractivity contribution in [1.29, 1.82) is 0 Å². The molecule has 36 heavy (non-hydrogen) atoms. The van der Waals surface area contributed by atoms with Crippen molar-refractivity contribution in [3.63, 3.8) is 0 Å². The summed E-state index contributed by atoms with van der Waals surface area (Å²) < 4.78 is 0. The van der Waals surface area contributed by atoms with Crippen molar-refractivity contribution in [3.05, 3.63) is 45.7 Å². The zero-order valence-corrected chi connectivity index (χ0v) is 20.5. The molecule has 0 spiro atoms. The number of rotatable bonds is 6. The number of ketones is 3. The van der Waals surface area contributed by atoms with Crippen LogP contribution in [0.3, 0.4) is 0 Å².